The highest BCUT2D eigenvalue weighted by Crippen LogP contribution is 2.11. The summed E-state index contributed by atoms with van der Waals surface area (Å²) in [5, 5.41) is 27.7. The number of aliphatic hydroxyl groups is 2. The van der Waals surface area contributed by atoms with Gasteiger partial charge in [0.05, 0.1) is 6.10 Å². The topological polar surface area (TPSA) is 77.8 Å². The van der Waals surface area contributed by atoms with Crippen molar-refractivity contribution in [3.63, 3.8) is 0 Å². The van der Waals surface area contributed by atoms with Crippen molar-refractivity contribution in [2.45, 2.75) is 77.2 Å². The van der Waals surface area contributed by atoms with E-state index in [9.17, 15) is 15.0 Å². The van der Waals surface area contributed by atoms with Gasteiger partial charge in [-0.1, -0.05) is 87.6 Å². The highest BCUT2D eigenvalue weighted by molar-refractivity contribution is 5.66. The summed E-state index contributed by atoms with van der Waals surface area (Å²) >= 11 is 0. The Labute approximate surface area is 165 Å². The van der Waals surface area contributed by atoms with Crippen LogP contribution in [0.15, 0.2) is 48.6 Å². The van der Waals surface area contributed by atoms with Crippen molar-refractivity contribution in [2.75, 3.05) is 6.61 Å². The zero-order valence-electron chi connectivity index (χ0n) is 16.8. The van der Waals surface area contributed by atoms with Gasteiger partial charge >= 0.3 is 5.97 Å². The van der Waals surface area contributed by atoms with Crippen LogP contribution in [-0.2, 0) is 4.79 Å². The Hall–Kier alpha value is -1.65. The van der Waals surface area contributed by atoms with Gasteiger partial charge in [-0.25, -0.2) is 0 Å². The van der Waals surface area contributed by atoms with Crippen molar-refractivity contribution in [2.24, 2.45) is 5.92 Å². The Morgan fingerprint density at radius 1 is 0.889 bits per heavy atom. The lowest BCUT2D eigenvalue weighted by atomic mass is 10.0. The second-order valence-corrected chi connectivity index (χ2v) is 6.86. The predicted octanol–water partition coefficient (Wildman–Crippen LogP) is 5.19. The molecule has 0 aliphatic carbocycles. The van der Waals surface area contributed by atoms with Crippen molar-refractivity contribution >= 4 is 5.97 Å². The Balaban J connectivity index is 3.81. The number of unbranched alkanes of at least 4 members (excludes halogenated alkanes) is 4. The number of aliphatic hydroxyl groups excluding tert-OH is 2. The molecule has 27 heavy (non-hydrogen) atoms. The number of rotatable bonds is 17. The van der Waals surface area contributed by atoms with Crippen LogP contribution >= 0.6 is 0 Å². The standard InChI is InChI=1S/C23H38O4/c1-2-3-10-15-21(20-24)16-11-7-5-4-6-8-12-17-22(25)18-13-9-14-19-23(26)27/h5-8,11-12,16-17,21-22,24-25H,2-4,9-10,13-15,18-20H2,1H3,(H,26,27)/b7-5-,8-6-,16-11+,17-12+. The monoisotopic (exact) mass is 378 g/mol. The Kier molecular flexibility index (Phi) is 18.0. The average molecular weight is 379 g/mol. The third-order valence-corrected chi connectivity index (χ3v) is 4.29. The Morgan fingerprint density at radius 2 is 1.56 bits per heavy atom. The van der Waals surface area contributed by atoms with E-state index in [-0.39, 0.29) is 18.9 Å². The molecule has 0 amide bonds. The van der Waals surface area contributed by atoms with E-state index < -0.39 is 12.1 Å². The highest BCUT2D eigenvalue weighted by Gasteiger charge is 2.01. The van der Waals surface area contributed by atoms with Gasteiger partial charge < -0.3 is 15.3 Å². The van der Waals surface area contributed by atoms with Gasteiger partial charge in [-0.05, 0) is 25.7 Å². The first-order valence-electron chi connectivity index (χ1n) is 10.3. The molecule has 4 nitrogen and oxygen atoms in total. The zero-order chi connectivity index (χ0) is 20.2. The van der Waals surface area contributed by atoms with Gasteiger partial charge in [0.25, 0.3) is 0 Å². The molecule has 2 atom stereocenters. The molecule has 3 N–H and O–H groups in total. The van der Waals surface area contributed by atoms with E-state index in [1.807, 2.05) is 30.4 Å². The molecule has 0 heterocycles. The van der Waals surface area contributed by atoms with E-state index in [2.05, 4.69) is 19.1 Å². The fourth-order valence-electron chi connectivity index (χ4n) is 2.61. The van der Waals surface area contributed by atoms with Gasteiger partial charge in [0, 0.05) is 18.9 Å². The third-order valence-electron chi connectivity index (χ3n) is 4.29. The van der Waals surface area contributed by atoms with Crippen LogP contribution in [0.2, 0.25) is 0 Å². The maximum Gasteiger partial charge on any atom is 0.303 e. The molecule has 4 heteroatoms. The minimum atomic E-state index is -0.759. The summed E-state index contributed by atoms with van der Waals surface area (Å²) in [6.45, 7) is 2.39. The number of carboxylic acids is 1. The lowest BCUT2D eigenvalue weighted by Crippen LogP contribution is -2.01. The first kappa shape index (κ1) is 25.4. The van der Waals surface area contributed by atoms with Crippen LogP contribution in [0.25, 0.3) is 0 Å². The number of aliphatic carboxylic acids is 1. The summed E-state index contributed by atoms with van der Waals surface area (Å²) in [6, 6.07) is 0. The second kappa shape index (κ2) is 19.1. The molecule has 0 saturated carbocycles. The molecule has 0 rings (SSSR count). The number of hydrogen-bond donors (Lipinski definition) is 3. The normalized spacial score (nSPS) is 14.8. The van der Waals surface area contributed by atoms with Gasteiger partial charge in [0.15, 0.2) is 0 Å². The lowest BCUT2D eigenvalue weighted by molar-refractivity contribution is -0.137. The summed E-state index contributed by atoms with van der Waals surface area (Å²) in [5.41, 5.74) is 0. The molecular weight excluding hydrogens is 340 g/mol. The van der Waals surface area contributed by atoms with Crippen LogP contribution in [0.1, 0.15) is 71.1 Å². The number of carboxylic acid groups (broad SMARTS) is 1. The van der Waals surface area contributed by atoms with Crippen LogP contribution in [0.3, 0.4) is 0 Å². The van der Waals surface area contributed by atoms with E-state index in [4.69, 9.17) is 5.11 Å². The van der Waals surface area contributed by atoms with Crippen molar-refractivity contribution in [3.05, 3.63) is 48.6 Å². The van der Waals surface area contributed by atoms with Crippen molar-refractivity contribution in [3.8, 4) is 0 Å². The van der Waals surface area contributed by atoms with E-state index in [1.165, 1.54) is 19.3 Å². The smallest absolute Gasteiger partial charge is 0.303 e. The number of hydrogen-bond acceptors (Lipinski definition) is 3. The quantitative estimate of drug-likeness (QED) is 0.240. The summed E-state index contributed by atoms with van der Waals surface area (Å²) in [7, 11) is 0. The van der Waals surface area contributed by atoms with Gasteiger partial charge in [-0.3, -0.25) is 4.79 Å². The molecule has 0 fully saturated rings. The highest BCUT2D eigenvalue weighted by atomic mass is 16.4. The first-order valence-corrected chi connectivity index (χ1v) is 10.3. The van der Waals surface area contributed by atoms with Gasteiger partial charge in [0.1, 0.15) is 0 Å². The average Bonchev–Trinajstić information content (AvgIpc) is 2.64. The molecule has 0 aromatic rings. The lowest BCUT2D eigenvalue weighted by Gasteiger charge is -2.07. The van der Waals surface area contributed by atoms with Gasteiger partial charge in [-0.15, -0.1) is 0 Å². The van der Waals surface area contributed by atoms with Crippen LogP contribution in [-0.4, -0.2) is 34.0 Å². The fraction of sp³-hybridized carbons (Fsp3) is 0.609. The van der Waals surface area contributed by atoms with E-state index in [0.717, 1.165) is 25.7 Å². The Morgan fingerprint density at radius 3 is 2.19 bits per heavy atom. The molecule has 0 aliphatic heterocycles. The fourth-order valence-corrected chi connectivity index (χ4v) is 2.61. The molecule has 0 bridgehead atoms. The molecule has 0 spiro atoms. The van der Waals surface area contributed by atoms with E-state index in [1.54, 1.807) is 6.08 Å². The molecule has 0 radical (unpaired) electrons. The summed E-state index contributed by atoms with van der Waals surface area (Å²) in [6.07, 6.45) is 23.9. The molecular formula is C23H38O4. The van der Waals surface area contributed by atoms with E-state index in [0.29, 0.717) is 12.8 Å². The molecule has 2 unspecified atom stereocenters. The summed E-state index contributed by atoms with van der Waals surface area (Å²) < 4.78 is 0. The molecule has 154 valence electrons. The largest absolute Gasteiger partial charge is 0.481 e. The van der Waals surface area contributed by atoms with Gasteiger partial charge in [-0.2, -0.15) is 0 Å². The maximum atomic E-state index is 10.4. The van der Waals surface area contributed by atoms with Crippen LogP contribution < -0.4 is 0 Å². The SMILES string of the molecule is CCCCCC(/C=C/C=C\C/C=C\C=C\C(O)CCCCCC(=O)O)CO. The summed E-state index contributed by atoms with van der Waals surface area (Å²) in [5.74, 6) is -0.504. The molecule has 0 aromatic carbocycles. The third kappa shape index (κ3) is 18.9. The zero-order valence-corrected chi connectivity index (χ0v) is 16.8. The van der Waals surface area contributed by atoms with Gasteiger partial charge in [0.2, 0.25) is 0 Å². The van der Waals surface area contributed by atoms with E-state index >= 15 is 0 Å². The van der Waals surface area contributed by atoms with Crippen LogP contribution in [0, 0.1) is 5.92 Å². The molecule has 0 saturated heterocycles. The van der Waals surface area contributed by atoms with Crippen molar-refractivity contribution in [1.82, 2.24) is 0 Å². The molecule has 0 aromatic heterocycles. The predicted molar refractivity (Wildman–Crippen MR) is 113 cm³/mol. The number of carbonyl (C=O) groups is 1. The minimum Gasteiger partial charge on any atom is -0.481 e. The van der Waals surface area contributed by atoms with Crippen molar-refractivity contribution in [1.29, 1.82) is 0 Å². The van der Waals surface area contributed by atoms with Crippen molar-refractivity contribution < 1.29 is 20.1 Å². The summed E-state index contributed by atoms with van der Waals surface area (Å²) in [4.78, 5) is 10.4. The first-order chi connectivity index (χ1) is 13.1. The van der Waals surface area contributed by atoms with Crippen LogP contribution in [0.5, 0.6) is 0 Å². The van der Waals surface area contributed by atoms with Crippen LogP contribution in [0.4, 0.5) is 0 Å². The molecule has 0 aliphatic rings. The second-order valence-electron chi connectivity index (χ2n) is 6.86. The Bertz CT molecular complexity index is 463. The number of allylic oxidation sites excluding steroid dienone is 6. The minimum absolute atomic E-state index is 0.205. The maximum absolute atomic E-state index is 10.4.